The summed E-state index contributed by atoms with van der Waals surface area (Å²) in [5.41, 5.74) is 2.84. The van der Waals surface area contributed by atoms with Gasteiger partial charge in [0.2, 0.25) is 0 Å². The topological polar surface area (TPSA) is 57.0 Å². The zero-order chi connectivity index (χ0) is 17.8. The maximum absolute atomic E-state index is 12.4. The van der Waals surface area contributed by atoms with Crippen molar-refractivity contribution >= 4 is 17.5 Å². The first-order valence-corrected chi connectivity index (χ1v) is 8.86. The highest BCUT2D eigenvalue weighted by molar-refractivity contribution is 7.99. The van der Waals surface area contributed by atoms with Crippen LogP contribution in [0, 0.1) is 13.8 Å². The van der Waals surface area contributed by atoms with Crippen LogP contribution in [0.1, 0.15) is 21.7 Å². The van der Waals surface area contributed by atoms with Crippen molar-refractivity contribution < 1.29 is 9.53 Å². The quantitative estimate of drug-likeness (QED) is 0.497. The van der Waals surface area contributed by atoms with Crippen molar-refractivity contribution in [3.8, 4) is 11.4 Å². The number of carbonyl (C=O) groups excluding carboxylic acids is 1. The second kappa shape index (κ2) is 7.53. The fourth-order valence-corrected chi connectivity index (χ4v) is 3.31. The molecule has 0 aliphatic carbocycles. The number of thioether (sulfide) groups is 1. The van der Waals surface area contributed by atoms with Gasteiger partial charge in [-0.1, -0.05) is 29.5 Å². The van der Waals surface area contributed by atoms with Gasteiger partial charge in [-0.25, -0.2) is 0 Å². The minimum atomic E-state index is 0.0452. The zero-order valence-electron chi connectivity index (χ0n) is 14.4. The number of carbonyl (C=O) groups is 1. The summed E-state index contributed by atoms with van der Waals surface area (Å²) in [6.45, 7) is 3.95. The number of ketones is 1. The second-order valence-electron chi connectivity index (χ2n) is 5.64. The van der Waals surface area contributed by atoms with Crippen LogP contribution in [0.5, 0.6) is 5.75 Å². The van der Waals surface area contributed by atoms with E-state index in [2.05, 4.69) is 10.2 Å². The van der Waals surface area contributed by atoms with Gasteiger partial charge in [0.1, 0.15) is 11.6 Å². The van der Waals surface area contributed by atoms with Gasteiger partial charge in [0, 0.05) is 11.3 Å². The summed E-state index contributed by atoms with van der Waals surface area (Å²) in [5.74, 6) is 1.88. The maximum atomic E-state index is 12.4. The summed E-state index contributed by atoms with van der Waals surface area (Å²) in [5, 5.41) is 9.08. The van der Waals surface area contributed by atoms with E-state index in [1.807, 2.05) is 42.7 Å². The molecule has 0 amide bonds. The number of rotatable bonds is 6. The van der Waals surface area contributed by atoms with Crippen LogP contribution in [0.15, 0.2) is 53.7 Å². The molecule has 0 aliphatic heterocycles. The van der Waals surface area contributed by atoms with Gasteiger partial charge in [0.15, 0.2) is 10.9 Å². The molecule has 0 atom stereocenters. The third-order valence-electron chi connectivity index (χ3n) is 3.83. The fraction of sp³-hybridized carbons (Fsp3) is 0.211. The number of Topliss-reactive ketones (excluding diaryl/α,β-unsaturated/α-hetero) is 1. The van der Waals surface area contributed by atoms with Crippen LogP contribution in [0.4, 0.5) is 0 Å². The zero-order valence-corrected chi connectivity index (χ0v) is 15.2. The second-order valence-corrected chi connectivity index (χ2v) is 6.58. The maximum Gasteiger partial charge on any atom is 0.196 e. The molecule has 5 nitrogen and oxygen atoms in total. The molecule has 6 heteroatoms. The van der Waals surface area contributed by atoms with Crippen molar-refractivity contribution in [2.45, 2.75) is 19.0 Å². The van der Waals surface area contributed by atoms with Crippen molar-refractivity contribution in [2.75, 3.05) is 12.9 Å². The van der Waals surface area contributed by atoms with Crippen LogP contribution in [-0.2, 0) is 0 Å². The monoisotopic (exact) mass is 353 g/mol. The average molecular weight is 353 g/mol. The molecule has 2 aromatic carbocycles. The molecule has 1 aromatic heterocycles. The lowest BCUT2D eigenvalue weighted by Gasteiger charge is -2.08. The number of ether oxygens (including phenoxy) is 1. The molecule has 0 fully saturated rings. The predicted octanol–water partition coefficient (Wildman–Crippen LogP) is 3.87. The molecular weight excluding hydrogens is 334 g/mol. The number of hydrogen-bond donors (Lipinski definition) is 0. The van der Waals surface area contributed by atoms with E-state index in [1.54, 1.807) is 31.4 Å². The van der Waals surface area contributed by atoms with E-state index < -0.39 is 0 Å². The molecule has 0 bridgehead atoms. The minimum absolute atomic E-state index is 0.0452. The molecule has 0 aliphatic rings. The predicted molar refractivity (Wildman–Crippen MR) is 98.9 cm³/mol. The molecule has 0 radical (unpaired) electrons. The summed E-state index contributed by atoms with van der Waals surface area (Å²) in [6, 6.07) is 15.3. The largest absolute Gasteiger partial charge is 0.497 e. The number of hydrogen-bond acceptors (Lipinski definition) is 5. The molecule has 1 heterocycles. The van der Waals surface area contributed by atoms with Crippen molar-refractivity contribution in [1.82, 2.24) is 14.8 Å². The van der Waals surface area contributed by atoms with Crippen LogP contribution in [0.25, 0.3) is 5.69 Å². The van der Waals surface area contributed by atoms with Gasteiger partial charge in [-0.15, -0.1) is 10.2 Å². The van der Waals surface area contributed by atoms with Gasteiger partial charge in [-0.3, -0.25) is 9.36 Å². The first-order chi connectivity index (χ1) is 12.1. The van der Waals surface area contributed by atoms with Crippen molar-refractivity contribution in [3.63, 3.8) is 0 Å². The molecule has 0 N–H and O–H groups in total. The Morgan fingerprint density at radius 2 is 1.72 bits per heavy atom. The van der Waals surface area contributed by atoms with E-state index in [-0.39, 0.29) is 5.78 Å². The van der Waals surface area contributed by atoms with Gasteiger partial charge in [0.25, 0.3) is 0 Å². The Labute approximate surface area is 151 Å². The van der Waals surface area contributed by atoms with Crippen molar-refractivity contribution in [2.24, 2.45) is 0 Å². The van der Waals surface area contributed by atoms with Crippen LogP contribution in [-0.4, -0.2) is 33.4 Å². The highest BCUT2D eigenvalue weighted by Crippen LogP contribution is 2.23. The average Bonchev–Trinajstić information content (AvgIpc) is 3.01. The van der Waals surface area contributed by atoms with E-state index in [0.717, 1.165) is 17.3 Å². The summed E-state index contributed by atoms with van der Waals surface area (Å²) in [6.07, 6.45) is 0. The van der Waals surface area contributed by atoms with Crippen LogP contribution < -0.4 is 4.74 Å². The molecule has 3 aromatic rings. The molecule has 0 unspecified atom stereocenters. The molecule has 0 saturated heterocycles. The van der Waals surface area contributed by atoms with Crippen LogP contribution in [0.3, 0.4) is 0 Å². The van der Waals surface area contributed by atoms with Crippen LogP contribution >= 0.6 is 11.8 Å². The Morgan fingerprint density at radius 3 is 2.36 bits per heavy atom. The SMILES string of the molecule is COc1ccc(C(=O)CSc2nnc(C)n2-c2ccc(C)cc2)cc1. The van der Waals surface area contributed by atoms with Gasteiger partial charge in [0.05, 0.1) is 12.9 Å². The number of methoxy groups -OCH3 is 1. The van der Waals surface area contributed by atoms with Crippen LogP contribution in [0.2, 0.25) is 0 Å². The van der Waals surface area contributed by atoms with Gasteiger partial charge in [-0.05, 0) is 50.2 Å². The Bertz CT molecular complexity index is 871. The van der Waals surface area contributed by atoms with Crippen molar-refractivity contribution in [3.05, 3.63) is 65.5 Å². The standard InChI is InChI=1S/C19H19N3O2S/c1-13-4-8-16(9-5-13)22-14(2)20-21-19(22)25-12-18(23)15-6-10-17(24-3)11-7-15/h4-11H,12H2,1-3H3. The number of aromatic nitrogens is 3. The summed E-state index contributed by atoms with van der Waals surface area (Å²) in [7, 11) is 1.60. The summed E-state index contributed by atoms with van der Waals surface area (Å²) >= 11 is 1.39. The Kier molecular flexibility index (Phi) is 5.19. The molecule has 25 heavy (non-hydrogen) atoms. The lowest BCUT2D eigenvalue weighted by atomic mass is 10.1. The first kappa shape index (κ1) is 17.2. The third-order valence-corrected chi connectivity index (χ3v) is 4.76. The van der Waals surface area contributed by atoms with E-state index in [4.69, 9.17) is 4.74 Å². The summed E-state index contributed by atoms with van der Waals surface area (Å²) in [4.78, 5) is 12.4. The number of benzene rings is 2. The van der Waals surface area contributed by atoms with Crippen molar-refractivity contribution in [1.29, 1.82) is 0 Å². The van der Waals surface area contributed by atoms with E-state index in [1.165, 1.54) is 17.3 Å². The Morgan fingerprint density at radius 1 is 1.04 bits per heavy atom. The molecule has 0 spiro atoms. The Balaban J connectivity index is 1.75. The normalized spacial score (nSPS) is 10.7. The summed E-state index contributed by atoms with van der Waals surface area (Å²) < 4.78 is 7.08. The van der Waals surface area contributed by atoms with Gasteiger partial charge in [-0.2, -0.15) is 0 Å². The highest BCUT2D eigenvalue weighted by atomic mass is 32.2. The van der Waals surface area contributed by atoms with E-state index >= 15 is 0 Å². The molecule has 0 saturated carbocycles. The first-order valence-electron chi connectivity index (χ1n) is 7.87. The molecule has 3 rings (SSSR count). The van der Waals surface area contributed by atoms with E-state index in [9.17, 15) is 4.79 Å². The lowest BCUT2D eigenvalue weighted by molar-refractivity contribution is 0.102. The van der Waals surface area contributed by atoms with Gasteiger partial charge >= 0.3 is 0 Å². The lowest BCUT2D eigenvalue weighted by Crippen LogP contribution is -2.05. The minimum Gasteiger partial charge on any atom is -0.497 e. The molecule has 128 valence electrons. The highest BCUT2D eigenvalue weighted by Gasteiger charge is 2.14. The van der Waals surface area contributed by atoms with E-state index in [0.29, 0.717) is 16.5 Å². The molecular formula is C19H19N3O2S. The number of aryl methyl sites for hydroxylation is 2. The third kappa shape index (κ3) is 3.91. The Hall–Kier alpha value is -2.60. The fourth-order valence-electron chi connectivity index (χ4n) is 2.42. The smallest absolute Gasteiger partial charge is 0.196 e. The van der Waals surface area contributed by atoms with Gasteiger partial charge < -0.3 is 4.74 Å². The number of nitrogens with zero attached hydrogens (tertiary/aromatic N) is 3.